The lowest BCUT2D eigenvalue weighted by Gasteiger charge is -2.29. The summed E-state index contributed by atoms with van der Waals surface area (Å²) in [5.74, 6) is -2.70. The van der Waals surface area contributed by atoms with Crippen molar-refractivity contribution in [3.05, 3.63) is 83.7 Å². The Balaban J connectivity index is 2.27. The summed E-state index contributed by atoms with van der Waals surface area (Å²) in [6.45, 7) is 0. The minimum Gasteiger partial charge on any atom is -0.497 e. The van der Waals surface area contributed by atoms with E-state index < -0.39 is 44.0 Å². The normalized spacial score (nSPS) is 12.1. The van der Waals surface area contributed by atoms with Crippen LogP contribution >= 0.6 is 0 Å². The molecule has 0 fully saturated rings. The molecule has 0 saturated heterocycles. The van der Waals surface area contributed by atoms with Crippen molar-refractivity contribution in [3.63, 3.8) is 0 Å². The molecule has 11 heteroatoms. The number of ether oxygens (including phenoxy) is 1. The molecule has 3 aromatic rings. The van der Waals surface area contributed by atoms with Gasteiger partial charge in [-0.1, -0.05) is 12.1 Å². The van der Waals surface area contributed by atoms with Crippen molar-refractivity contribution in [2.45, 2.75) is 10.3 Å². The molecular weight excluding hydrogens is 440 g/mol. The number of aromatic nitrogens is 1. The number of nitrogens with zero attached hydrogens (tertiary/aromatic N) is 2. The van der Waals surface area contributed by atoms with Gasteiger partial charge in [0.25, 0.3) is 0 Å². The van der Waals surface area contributed by atoms with Crippen LogP contribution in [-0.2, 0) is 9.84 Å². The number of methoxy groups -OCH3 is 1. The van der Waals surface area contributed by atoms with Crippen LogP contribution < -0.4 is 9.80 Å². The first kappa shape index (κ1) is 22.7. The van der Waals surface area contributed by atoms with Gasteiger partial charge in [0, 0.05) is 18.0 Å². The van der Waals surface area contributed by atoms with Gasteiger partial charge >= 0.3 is 11.9 Å². The molecule has 1 atom stereocenters. The lowest BCUT2D eigenvalue weighted by Crippen LogP contribution is -2.34. The van der Waals surface area contributed by atoms with Crippen molar-refractivity contribution in [2.75, 3.05) is 12.2 Å². The highest BCUT2D eigenvalue weighted by Crippen LogP contribution is 2.37. The van der Waals surface area contributed by atoms with Crippen LogP contribution in [0.4, 0.5) is 5.69 Å². The van der Waals surface area contributed by atoms with Crippen molar-refractivity contribution in [3.8, 4) is 5.75 Å². The van der Waals surface area contributed by atoms with Gasteiger partial charge in [0.05, 0.1) is 28.8 Å². The zero-order valence-corrected chi connectivity index (χ0v) is 17.4. The Kier molecular flexibility index (Phi) is 6.42. The molecular formula is C21H18N2O8S. The third-order valence-corrected chi connectivity index (χ3v) is 6.59. The minimum atomic E-state index is -4.42. The molecule has 0 aliphatic heterocycles. The maximum absolute atomic E-state index is 13.5. The van der Waals surface area contributed by atoms with Crippen LogP contribution in [0.3, 0.4) is 0 Å². The summed E-state index contributed by atoms with van der Waals surface area (Å²) in [6.07, 6.45) is 2.56. The number of sulfone groups is 1. The quantitative estimate of drug-likeness (QED) is 0.429. The summed E-state index contributed by atoms with van der Waals surface area (Å²) in [7, 11) is -3.01. The largest absolute Gasteiger partial charge is 0.497 e. The van der Waals surface area contributed by atoms with Crippen LogP contribution in [0.15, 0.2) is 71.9 Å². The summed E-state index contributed by atoms with van der Waals surface area (Å²) in [4.78, 5) is 27.2. The number of benzene rings is 2. The van der Waals surface area contributed by atoms with Crippen LogP contribution in [-0.4, -0.2) is 47.9 Å². The number of rotatable bonds is 8. The van der Waals surface area contributed by atoms with E-state index in [1.165, 1.54) is 62.0 Å². The van der Waals surface area contributed by atoms with Crippen LogP contribution in [0.2, 0.25) is 0 Å². The lowest BCUT2D eigenvalue weighted by molar-refractivity contribution is 0.0694. The summed E-state index contributed by atoms with van der Waals surface area (Å²) < 4.78 is 32.1. The molecule has 3 rings (SSSR count). The first-order valence-electron chi connectivity index (χ1n) is 9.04. The molecule has 1 heterocycles. The molecule has 0 spiro atoms. The summed E-state index contributed by atoms with van der Waals surface area (Å²) >= 11 is 0. The molecule has 0 saturated carbocycles. The maximum atomic E-state index is 13.5. The van der Waals surface area contributed by atoms with Gasteiger partial charge in [-0.2, -0.15) is 0 Å². The van der Waals surface area contributed by atoms with E-state index in [1.807, 2.05) is 0 Å². The van der Waals surface area contributed by atoms with E-state index in [0.717, 1.165) is 12.1 Å². The standard InChI is InChI=1S/C21H18N2O8S/c1-31-14-7-9-15(10-8-14)32(29,30)19(13-4-3-11-22-12-13)23(28)18-16(20(24)25)5-2-6-17(18)21(26)27/h2-12,19,28H,1H3,(H,24,25)(H,26,27). The second-order valence-electron chi connectivity index (χ2n) is 6.52. The van der Waals surface area contributed by atoms with E-state index in [1.54, 1.807) is 0 Å². The van der Waals surface area contributed by atoms with Crippen molar-refractivity contribution < 1.29 is 38.2 Å². The number of anilines is 1. The Morgan fingerprint density at radius 2 is 1.56 bits per heavy atom. The van der Waals surface area contributed by atoms with E-state index in [9.17, 15) is 33.4 Å². The van der Waals surface area contributed by atoms with Crippen molar-refractivity contribution in [2.24, 2.45) is 0 Å². The third-order valence-electron chi connectivity index (χ3n) is 4.60. The Morgan fingerprint density at radius 1 is 0.969 bits per heavy atom. The van der Waals surface area contributed by atoms with Crippen LogP contribution in [0.1, 0.15) is 31.7 Å². The maximum Gasteiger partial charge on any atom is 0.337 e. The molecule has 10 nitrogen and oxygen atoms in total. The van der Waals surface area contributed by atoms with Crippen LogP contribution in [0.25, 0.3) is 0 Å². The fraction of sp³-hybridized carbons (Fsp3) is 0.0952. The van der Waals surface area contributed by atoms with Crippen LogP contribution in [0.5, 0.6) is 5.75 Å². The smallest absolute Gasteiger partial charge is 0.337 e. The minimum absolute atomic E-state index is 0.0117. The predicted molar refractivity (Wildman–Crippen MR) is 112 cm³/mol. The Labute approximate surface area is 182 Å². The highest BCUT2D eigenvalue weighted by molar-refractivity contribution is 7.91. The second kappa shape index (κ2) is 9.04. The fourth-order valence-electron chi connectivity index (χ4n) is 3.12. The highest BCUT2D eigenvalue weighted by atomic mass is 32.2. The number of carboxylic acids is 2. The lowest BCUT2D eigenvalue weighted by atomic mass is 10.1. The van der Waals surface area contributed by atoms with E-state index >= 15 is 0 Å². The van der Waals surface area contributed by atoms with Crippen LogP contribution in [0, 0.1) is 0 Å². The summed E-state index contributed by atoms with van der Waals surface area (Å²) in [5.41, 5.74) is -1.88. The topological polar surface area (TPSA) is 154 Å². The average Bonchev–Trinajstić information content (AvgIpc) is 2.79. The predicted octanol–water partition coefficient (Wildman–Crippen LogP) is 2.85. The molecule has 0 aliphatic rings. The van der Waals surface area contributed by atoms with E-state index in [2.05, 4.69) is 4.98 Å². The van der Waals surface area contributed by atoms with Crippen molar-refractivity contribution in [1.29, 1.82) is 0 Å². The van der Waals surface area contributed by atoms with Crippen molar-refractivity contribution >= 4 is 27.5 Å². The number of hydrogen-bond donors (Lipinski definition) is 3. The molecule has 0 bridgehead atoms. The number of carbonyl (C=O) groups is 2. The Bertz CT molecular complexity index is 1210. The van der Waals surface area contributed by atoms with E-state index in [4.69, 9.17) is 4.74 Å². The Morgan fingerprint density at radius 3 is 2.03 bits per heavy atom. The zero-order chi connectivity index (χ0) is 23.5. The zero-order valence-electron chi connectivity index (χ0n) is 16.6. The number of para-hydroxylation sites is 1. The van der Waals surface area contributed by atoms with Gasteiger partial charge in [0.1, 0.15) is 5.75 Å². The molecule has 0 radical (unpaired) electrons. The number of hydrogen-bond acceptors (Lipinski definition) is 8. The van der Waals surface area contributed by atoms with Gasteiger partial charge in [0.15, 0.2) is 5.37 Å². The molecule has 32 heavy (non-hydrogen) atoms. The summed E-state index contributed by atoms with van der Waals surface area (Å²) in [5, 5.41) is 28.4. The SMILES string of the molecule is COc1ccc(S(=O)(=O)C(c2cccnc2)N(O)c2c(C(=O)O)cccc2C(=O)O)cc1. The van der Waals surface area contributed by atoms with E-state index in [0.29, 0.717) is 5.75 Å². The second-order valence-corrected chi connectivity index (χ2v) is 8.52. The van der Waals surface area contributed by atoms with Crippen molar-refractivity contribution in [1.82, 2.24) is 4.98 Å². The first-order chi connectivity index (χ1) is 15.2. The highest BCUT2D eigenvalue weighted by Gasteiger charge is 2.38. The molecule has 1 unspecified atom stereocenters. The number of pyridine rings is 1. The van der Waals surface area contributed by atoms with Gasteiger partial charge in [0.2, 0.25) is 9.84 Å². The summed E-state index contributed by atoms with van der Waals surface area (Å²) in [6, 6.07) is 11.4. The number of aromatic carboxylic acids is 2. The molecule has 0 aliphatic carbocycles. The monoisotopic (exact) mass is 458 g/mol. The average molecular weight is 458 g/mol. The van der Waals surface area contributed by atoms with Gasteiger partial charge in [-0.15, -0.1) is 0 Å². The van der Waals surface area contributed by atoms with Gasteiger partial charge < -0.3 is 14.9 Å². The molecule has 2 aromatic carbocycles. The van der Waals surface area contributed by atoms with Gasteiger partial charge in [-0.3, -0.25) is 10.2 Å². The fourth-order valence-corrected chi connectivity index (χ4v) is 4.76. The molecule has 3 N–H and O–H groups in total. The van der Waals surface area contributed by atoms with E-state index in [-0.39, 0.29) is 15.5 Å². The molecule has 0 amide bonds. The number of hydroxylamine groups is 1. The van der Waals surface area contributed by atoms with Gasteiger partial charge in [-0.05, 0) is 42.5 Å². The van der Waals surface area contributed by atoms with Gasteiger partial charge in [-0.25, -0.2) is 23.1 Å². The first-order valence-corrected chi connectivity index (χ1v) is 10.6. The molecule has 166 valence electrons. The third kappa shape index (κ3) is 4.24. The molecule has 1 aromatic heterocycles. The number of carboxylic acid groups (broad SMARTS) is 2. The Hall–Kier alpha value is -3.96.